The Morgan fingerprint density at radius 1 is 0.930 bits per heavy atom. The highest BCUT2D eigenvalue weighted by molar-refractivity contribution is 5.78. The molecule has 0 fully saturated rings. The third-order valence-electron chi connectivity index (χ3n) is 6.03. The number of nitrogens with zero attached hydrogens (tertiary/aromatic N) is 3. The number of aromatic nitrogens is 2. The average Bonchev–Trinajstić information content (AvgIpc) is 3.44. The second kappa shape index (κ2) is 13.6. The fourth-order valence-corrected chi connectivity index (χ4v) is 3.86. The van der Waals surface area contributed by atoms with Crippen molar-refractivity contribution in [2.24, 2.45) is 0 Å². The lowest BCUT2D eigenvalue weighted by molar-refractivity contribution is -0.274. The Labute approximate surface area is 243 Å². The van der Waals surface area contributed by atoms with E-state index in [1.54, 1.807) is 43.3 Å². The van der Waals surface area contributed by atoms with E-state index in [0.29, 0.717) is 28.5 Å². The largest absolute Gasteiger partial charge is 0.573 e. The molecule has 0 spiro atoms. The van der Waals surface area contributed by atoms with Gasteiger partial charge in [-0.15, -0.1) is 13.2 Å². The summed E-state index contributed by atoms with van der Waals surface area (Å²) in [5.74, 6) is 0.208. The molecule has 1 amide bonds. The third kappa shape index (κ3) is 8.86. The lowest BCUT2D eigenvalue weighted by atomic mass is 10.1. The van der Waals surface area contributed by atoms with E-state index in [1.807, 2.05) is 0 Å². The van der Waals surface area contributed by atoms with Crippen LogP contribution >= 0.6 is 0 Å². The molecule has 1 N–H and O–H groups in total. The Balaban J connectivity index is 1.31. The number of amides is 1. The topological polar surface area (TPSA) is 133 Å². The zero-order chi connectivity index (χ0) is 31.0. The van der Waals surface area contributed by atoms with Gasteiger partial charge in [0.25, 0.3) is 5.89 Å². The van der Waals surface area contributed by atoms with Gasteiger partial charge in [-0.3, -0.25) is 9.69 Å². The van der Waals surface area contributed by atoms with Gasteiger partial charge in [0.1, 0.15) is 29.5 Å². The molecule has 11 nitrogen and oxygen atoms in total. The molecule has 0 aliphatic carbocycles. The van der Waals surface area contributed by atoms with E-state index in [2.05, 4.69) is 14.9 Å². The van der Waals surface area contributed by atoms with Gasteiger partial charge >= 0.3 is 18.4 Å². The second-order valence-electron chi connectivity index (χ2n) is 9.00. The number of methoxy groups -OCH3 is 1. The number of ether oxygens (including phenoxy) is 4. The van der Waals surface area contributed by atoms with Crippen LogP contribution in [-0.2, 0) is 11.2 Å². The summed E-state index contributed by atoms with van der Waals surface area (Å²) in [5.41, 5.74) is 1.07. The molecule has 3 aromatic carbocycles. The molecule has 0 saturated carbocycles. The van der Waals surface area contributed by atoms with Crippen molar-refractivity contribution >= 4 is 12.1 Å². The molecule has 4 rings (SSSR count). The van der Waals surface area contributed by atoms with Crippen LogP contribution in [0.3, 0.4) is 0 Å². The van der Waals surface area contributed by atoms with Gasteiger partial charge in [-0.25, -0.2) is 4.79 Å². The number of rotatable bonds is 12. The average molecular weight is 602 g/mol. The summed E-state index contributed by atoms with van der Waals surface area (Å²) in [6.07, 6.45) is -5.34. The summed E-state index contributed by atoms with van der Waals surface area (Å²) in [7, 11) is 1.51. The Kier molecular flexibility index (Phi) is 9.70. The second-order valence-corrected chi connectivity index (χ2v) is 9.00. The van der Waals surface area contributed by atoms with Crippen LogP contribution in [-0.4, -0.2) is 58.8 Å². The quantitative estimate of drug-likeness (QED) is 0.209. The van der Waals surface area contributed by atoms with E-state index >= 15 is 0 Å². The van der Waals surface area contributed by atoms with Crippen LogP contribution in [0.4, 0.5) is 18.0 Å². The first kappa shape index (κ1) is 30.7. The van der Waals surface area contributed by atoms with Crippen LogP contribution in [0.2, 0.25) is 0 Å². The van der Waals surface area contributed by atoms with Gasteiger partial charge in [0.2, 0.25) is 0 Å². The monoisotopic (exact) mass is 601 g/mol. The fraction of sp³-hybridized carbons (Fsp3) is 0.241. The van der Waals surface area contributed by atoms with E-state index in [1.165, 1.54) is 31.4 Å². The predicted octanol–water partition coefficient (Wildman–Crippen LogP) is 5.91. The highest BCUT2D eigenvalue weighted by atomic mass is 19.4. The van der Waals surface area contributed by atoms with Gasteiger partial charge in [0.05, 0.1) is 19.8 Å². The minimum atomic E-state index is -4.79. The Bertz CT molecular complexity index is 1510. The zero-order valence-corrected chi connectivity index (χ0v) is 22.9. The number of carboxylic acid groups (broad SMARTS) is 1. The van der Waals surface area contributed by atoms with Crippen molar-refractivity contribution in [1.82, 2.24) is 15.0 Å². The molecule has 14 heteroatoms. The van der Waals surface area contributed by atoms with Gasteiger partial charge in [-0.05, 0) is 73.2 Å². The minimum absolute atomic E-state index is 0.128. The first-order valence-corrected chi connectivity index (χ1v) is 12.8. The molecule has 1 unspecified atom stereocenters. The van der Waals surface area contributed by atoms with Crippen LogP contribution in [0.15, 0.2) is 77.3 Å². The maximum Gasteiger partial charge on any atom is 0.573 e. The molecule has 1 atom stereocenters. The van der Waals surface area contributed by atoms with E-state index in [9.17, 15) is 27.9 Å². The summed E-state index contributed by atoms with van der Waals surface area (Å²) in [6, 6.07) is 17.4. The molecule has 1 aromatic heterocycles. The van der Waals surface area contributed by atoms with Crippen molar-refractivity contribution in [1.29, 1.82) is 0 Å². The van der Waals surface area contributed by atoms with Gasteiger partial charge < -0.3 is 28.6 Å². The molecule has 0 radical (unpaired) electrons. The molecule has 0 aliphatic rings. The van der Waals surface area contributed by atoms with Crippen molar-refractivity contribution in [2.75, 3.05) is 20.3 Å². The number of carbonyl (C=O) groups excluding carboxylic acids is 1. The van der Waals surface area contributed by atoms with Crippen LogP contribution in [0.1, 0.15) is 24.4 Å². The van der Waals surface area contributed by atoms with Crippen LogP contribution < -0.4 is 18.9 Å². The van der Waals surface area contributed by atoms with E-state index in [0.717, 1.165) is 17.0 Å². The lowest BCUT2D eigenvalue weighted by Gasteiger charge is -2.27. The van der Waals surface area contributed by atoms with Crippen molar-refractivity contribution in [3.05, 3.63) is 84.2 Å². The summed E-state index contributed by atoms with van der Waals surface area (Å²) >= 11 is 0. The van der Waals surface area contributed by atoms with Gasteiger partial charge in [-0.1, -0.05) is 17.3 Å². The fourth-order valence-electron chi connectivity index (χ4n) is 3.86. The van der Waals surface area contributed by atoms with Crippen LogP contribution in [0.5, 0.6) is 23.0 Å². The van der Waals surface area contributed by atoms with Crippen LogP contribution in [0.25, 0.3) is 11.5 Å². The smallest absolute Gasteiger partial charge is 0.497 e. The number of carboxylic acids is 1. The number of alkyl halides is 3. The summed E-state index contributed by atoms with van der Waals surface area (Å²) in [5, 5.41) is 13.2. The number of hydrogen-bond donors (Lipinski definition) is 1. The summed E-state index contributed by atoms with van der Waals surface area (Å²) in [4.78, 5) is 29.6. The molecule has 0 saturated heterocycles. The lowest BCUT2D eigenvalue weighted by Crippen LogP contribution is -2.39. The normalized spacial score (nSPS) is 11.8. The summed E-state index contributed by atoms with van der Waals surface area (Å²) < 4.78 is 62.2. The van der Waals surface area contributed by atoms with Crippen molar-refractivity contribution in [2.45, 2.75) is 25.7 Å². The Morgan fingerprint density at radius 2 is 1.53 bits per heavy atom. The highest BCUT2D eigenvalue weighted by Gasteiger charge is 2.31. The zero-order valence-electron chi connectivity index (χ0n) is 22.9. The van der Waals surface area contributed by atoms with E-state index in [4.69, 9.17) is 18.7 Å². The van der Waals surface area contributed by atoms with E-state index in [-0.39, 0.29) is 30.4 Å². The van der Waals surface area contributed by atoms with Crippen molar-refractivity contribution in [3.63, 3.8) is 0 Å². The van der Waals surface area contributed by atoms with Gasteiger partial charge in [-0.2, -0.15) is 4.98 Å². The van der Waals surface area contributed by atoms with Gasteiger partial charge in [0, 0.05) is 12.0 Å². The number of benzene rings is 3. The number of hydrogen-bond acceptors (Lipinski definition) is 9. The van der Waals surface area contributed by atoms with Crippen molar-refractivity contribution in [3.8, 4) is 34.5 Å². The predicted molar refractivity (Wildman–Crippen MR) is 144 cm³/mol. The molecular formula is C29H26F3N3O8. The molecule has 226 valence electrons. The maximum atomic E-state index is 12.8. The molecule has 1 heterocycles. The molecule has 4 aromatic rings. The minimum Gasteiger partial charge on any atom is -0.497 e. The first-order valence-electron chi connectivity index (χ1n) is 12.8. The maximum absolute atomic E-state index is 12.8. The number of carbonyl (C=O) groups is 2. The molecule has 43 heavy (non-hydrogen) atoms. The SMILES string of the molecule is COc1ccc(OC(=O)N(CC(=O)O)C(C)c2ccc(OCCc3noc(-c4ccc(OC(F)(F)F)cc4)n3)cc2)cc1. The standard InChI is InChI=1S/C29H26F3N3O8/c1-18(35(17-26(36)37)28(38)41-23-13-11-21(39-2)12-14-23)19-3-7-22(8-4-19)40-16-15-25-33-27(43-34-25)20-5-9-24(10-6-20)42-29(30,31)32/h3-14,18H,15-17H2,1-2H3,(H,36,37). The van der Waals surface area contributed by atoms with E-state index < -0.39 is 31.0 Å². The van der Waals surface area contributed by atoms with Gasteiger partial charge in [0.15, 0.2) is 5.82 Å². The summed E-state index contributed by atoms with van der Waals surface area (Å²) in [6.45, 7) is 1.29. The first-order chi connectivity index (χ1) is 20.5. The number of halogens is 3. The Hall–Kier alpha value is -5.27. The van der Waals surface area contributed by atoms with Crippen LogP contribution in [0, 0.1) is 0 Å². The molecular weight excluding hydrogens is 575 g/mol. The molecule has 0 bridgehead atoms. The highest BCUT2D eigenvalue weighted by Crippen LogP contribution is 2.27. The number of aliphatic carboxylic acids is 1. The van der Waals surface area contributed by atoms with Crippen molar-refractivity contribution < 1.29 is 51.3 Å². The molecule has 0 aliphatic heterocycles. The Morgan fingerprint density at radius 3 is 2.14 bits per heavy atom. The third-order valence-corrected chi connectivity index (χ3v) is 6.03.